The summed E-state index contributed by atoms with van der Waals surface area (Å²) in [4.78, 5) is 12.2. The molecule has 0 aliphatic carbocycles. The molecule has 0 saturated carbocycles. The maximum absolute atomic E-state index is 12.3. The molecule has 2 aromatic rings. The molecule has 1 N–H and O–H groups in total. The van der Waals surface area contributed by atoms with Crippen molar-refractivity contribution < 1.29 is 22.7 Å². The lowest BCUT2D eigenvalue weighted by Gasteiger charge is -2.26. The van der Waals surface area contributed by atoms with Gasteiger partial charge in [0.05, 0.1) is 18.5 Å². The monoisotopic (exact) mass is 432 g/mol. The topological polar surface area (TPSA) is 84.9 Å². The summed E-state index contributed by atoms with van der Waals surface area (Å²) in [5.74, 6) is 1.22. The third-order valence-corrected chi connectivity index (χ3v) is 5.95. The van der Waals surface area contributed by atoms with Crippen LogP contribution in [0, 0.1) is 13.8 Å². The molecule has 1 heterocycles. The summed E-state index contributed by atoms with van der Waals surface area (Å²) in [7, 11) is -3.44. The SMILES string of the molecule is Cc1cc(C)cc(N(CCCC(=O)NCC2COc3ccccc3O2)S(C)(=O)=O)c1. The molecule has 0 aromatic heterocycles. The third-order valence-electron chi connectivity index (χ3n) is 4.75. The van der Waals surface area contributed by atoms with Gasteiger partial charge < -0.3 is 14.8 Å². The van der Waals surface area contributed by atoms with Crippen molar-refractivity contribution >= 4 is 21.6 Å². The largest absolute Gasteiger partial charge is 0.486 e. The van der Waals surface area contributed by atoms with Gasteiger partial charge in [0, 0.05) is 13.0 Å². The van der Waals surface area contributed by atoms with Crippen molar-refractivity contribution in [2.45, 2.75) is 32.8 Å². The maximum Gasteiger partial charge on any atom is 0.232 e. The van der Waals surface area contributed by atoms with E-state index in [9.17, 15) is 13.2 Å². The summed E-state index contributed by atoms with van der Waals surface area (Å²) in [6, 6.07) is 13.1. The van der Waals surface area contributed by atoms with E-state index in [2.05, 4.69) is 5.32 Å². The van der Waals surface area contributed by atoms with Gasteiger partial charge in [0.1, 0.15) is 12.7 Å². The second kappa shape index (κ2) is 9.38. The van der Waals surface area contributed by atoms with Gasteiger partial charge in [-0.05, 0) is 55.7 Å². The summed E-state index contributed by atoms with van der Waals surface area (Å²) >= 11 is 0. The molecule has 1 aliphatic rings. The Balaban J connectivity index is 1.49. The molecule has 162 valence electrons. The van der Waals surface area contributed by atoms with Gasteiger partial charge >= 0.3 is 0 Å². The van der Waals surface area contributed by atoms with Gasteiger partial charge in [0.2, 0.25) is 15.9 Å². The number of sulfonamides is 1. The Morgan fingerprint density at radius 3 is 2.47 bits per heavy atom. The van der Waals surface area contributed by atoms with Crippen LogP contribution in [0.15, 0.2) is 42.5 Å². The minimum absolute atomic E-state index is 0.147. The second-order valence-electron chi connectivity index (χ2n) is 7.59. The Labute approximate surface area is 178 Å². The van der Waals surface area contributed by atoms with Crippen molar-refractivity contribution in [2.24, 2.45) is 0 Å². The molecule has 1 unspecified atom stereocenters. The highest BCUT2D eigenvalue weighted by Crippen LogP contribution is 2.30. The van der Waals surface area contributed by atoms with E-state index in [-0.39, 0.29) is 25.0 Å². The number of ether oxygens (including phenoxy) is 2. The highest BCUT2D eigenvalue weighted by Gasteiger charge is 2.22. The summed E-state index contributed by atoms with van der Waals surface area (Å²) in [5, 5.41) is 2.84. The van der Waals surface area contributed by atoms with Gasteiger partial charge in [-0.1, -0.05) is 18.2 Å². The number of nitrogens with zero attached hydrogens (tertiary/aromatic N) is 1. The molecular formula is C22H28N2O5S. The van der Waals surface area contributed by atoms with Crippen LogP contribution < -0.4 is 19.1 Å². The minimum Gasteiger partial charge on any atom is -0.486 e. The summed E-state index contributed by atoms with van der Waals surface area (Å²) in [6.45, 7) is 4.80. The number of fused-ring (bicyclic) bond motifs is 1. The number of hydrogen-bond donors (Lipinski definition) is 1. The first-order valence-corrected chi connectivity index (χ1v) is 11.8. The molecule has 0 fully saturated rings. The number of hydrogen-bond acceptors (Lipinski definition) is 5. The highest BCUT2D eigenvalue weighted by molar-refractivity contribution is 7.92. The lowest BCUT2D eigenvalue weighted by molar-refractivity contribution is -0.121. The van der Waals surface area contributed by atoms with Crippen molar-refractivity contribution in [1.29, 1.82) is 0 Å². The maximum atomic E-state index is 12.3. The van der Waals surface area contributed by atoms with Gasteiger partial charge in [0.15, 0.2) is 11.5 Å². The van der Waals surface area contributed by atoms with E-state index >= 15 is 0 Å². The smallest absolute Gasteiger partial charge is 0.232 e. The molecule has 8 heteroatoms. The van der Waals surface area contributed by atoms with Crippen LogP contribution in [0.2, 0.25) is 0 Å². The molecule has 0 bridgehead atoms. The first-order chi connectivity index (χ1) is 14.2. The molecule has 0 radical (unpaired) electrons. The van der Waals surface area contributed by atoms with E-state index in [4.69, 9.17) is 9.47 Å². The minimum atomic E-state index is -3.44. The number of amides is 1. The predicted octanol–water partition coefficient (Wildman–Crippen LogP) is 2.81. The van der Waals surface area contributed by atoms with E-state index in [1.54, 1.807) is 0 Å². The van der Waals surface area contributed by atoms with Crippen LogP contribution in [-0.4, -0.2) is 46.4 Å². The summed E-state index contributed by atoms with van der Waals surface area (Å²) in [6.07, 6.45) is 1.56. The van der Waals surface area contributed by atoms with Crippen molar-refractivity contribution in [3.05, 3.63) is 53.6 Å². The average molecular weight is 433 g/mol. The zero-order chi connectivity index (χ0) is 21.7. The van der Waals surface area contributed by atoms with Crippen molar-refractivity contribution in [1.82, 2.24) is 5.32 Å². The number of rotatable bonds is 8. The molecule has 30 heavy (non-hydrogen) atoms. The number of nitrogens with one attached hydrogen (secondary N) is 1. The average Bonchev–Trinajstić information content (AvgIpc) is 2.67. The molecule has 3 rings (SSSR count). The molecule has 0 saturated heterocycles. The van der Waals surface area contributed by atoms with E-state index in [1.165, 1.54) is 10.6 Å². The first-order valence-electron chi connectivity index (χ1n) is 9.93. The standard InChI is InChI=1S/C22H28N2O5S/c1-16-11-17(2)13-18(12-16)24(30(3,26)27)10-6-9-22(25)23-14-19-15-28-20-7-4-5-8-21(20)29-19/h4-5,7-8,11-13,19H,6,9-10,14-15H2,1-3H3,(H,23,25). The van der Waals surface area contributed by atoms with Gasteiger partial charge in [-0.2, -0.15) is 0 Å². The van der Waals surface area contributed by atoms with Crippen LogP contribution in [0.4, 0.5) is 5.69 Å². The Bertz CT molecular complexity index is 986. The number of aryl methyl sites for hydroxylation is 2. The zero-order valence-corrected chi connectivity index (χ0v) is 18.4. The number of benzene rings is 2. The fraction of sp³-hybridized carbons (Fsp3) is 0.409. The molecule has 1 aliphatic heterocycles. The Morgan fingerprint density at radius 1 is 1.13 bits per heavy atom. The molecule has 2 aromatic carbocycles. The normalized spacial score (nSPS) is 15.5. The van der Waals surface area contributed by atoms with Gasteiger partial charge in [-0.3, -0.25) is 9.10 Å². The van der Waals surface area contributed by atoms with Crippen LogP contribution in [-0.2, 0) is 14.8 Å². The summed E-state index contributed by atoms with van der Waals surface area (Å²) in [5.41, 5.74) is 2.61. The molecule has 0 spiro atoms. The molecular weight excluding hydrogens is 404 g/mol. The van der Waals surface area contributed by atoms with E-state index in [0.29, 0.717) is 36.8 Å². The summed E-state index contributed by atoms with van der Waals surface area (Å²) < 4.78 is 37.3. The van der Waals surface area contributed by atoms with E-state index in [0.717, 1.165) is 11.1 Å². The fourth-order valence-electron chi connectivity index (χ4n) is 3.44. The number of para-hydroxylation sites is 2. The van der Waals surface area contributed by atoms with Crippen LogP contribution in [0.5, 0.6) is 11.5 Å². The van der Waals surface area contributed by atoms with Crippen LogP contribution in [0.1, 0.15) is 24.0 Å². The van der Waals surface area contributed by atoms with E-state index < -0.39 is 10.0 Å². The third kappa shape index (κ3) is 5.89. The van der Waals surface area contributed by atoms with Crippen molar-refractivity contribution in [2.75, 3.05) is 30.3 Å². The highest BCUT2D eigenvalue weighted by atomic mass is 32.2. The van der Waals surface area contributed by atoms with Crippen LogP contribution >= 0.6 is 0 Å². The van der Waals surface area contributed by atoms with Gasteiger partial charge in [0.25, 0.3) is 0 Å². The van der Waals surface area contributed by atoms with Crippen molar-refractivity contribution in [3.63, 3.8) is 0 Å². The van der Waals surface area contributed by atoms with Crippen molar-refractivity contribution in [3.8, 4) is 11.5 Å². The van der Waals surface area contributed by atoms with Gasteiger partial charge in [-0.25, -0.2) is 8.42 Å². The molecule has 1 amide bonds. The van der Waals surface area contributed by atoms with Crippen LogP contribution in [0.3, 0.4) is 0 Å². The number of carbonyl (C=O) groups excluding carboxylic acids is 1. The second-order valence-corrected chi connectivity index (χ2v) is 9.49. The Morgan fingerprint density at radius 2 is 1.80 bits per heavy atom. The van der Waals surface area contributed by atoms with Crippen LogP contribution in [0.25, 0.3) is 0 Å². The first kappa shape index (κ1) is 22.0. The van der Waals surface area contributed by atoms with Gasteiger partial charge in [-0.15, -0.1) is 0 Å². The van der Waals surface area contributed by atoms with E-state index in [1.807, 2.05) is 56.3 Å². The number of carbonyl (C=O) groups is 1. The lowest BCUT2D eigenvalue weighted by atomic mass is 10.1. The Kier molecular flexibility index (Phi) is 6.87. The lowest BCUT2D eigenvalue weighted by Crippen LogP contribution is -2.41. The Hall–Kier alpha value is -2.74. The number of anilines is 1. The zero-order valence-electron chi connectivity index (χ0n) is 17.6. The molecule has 1 atom stereocenters. The quantitative estimate of drug-likeness (QED) is 0.693. The predicted molar refractivity (Wildman–Crippen MR) is 117 cm³/mol. The fourth-order valence-corrected chi connectivity index (χ4v) is 4.39. The molecule has 7 nitrogen and oxygen atoms in total.